The van der Waals surface area contributed by atoms with E-state index in [0.29, 0.717) is 0 Å². The van der Waals surface area contributed by atoms with Crippen molar-refractivity contribution in [1.82, 2.24) is 15.1 Å². The zero-order valence-corrected chi connectivity index (χ0v) is 10.8. The largest absolute Gasteiger partial charge is 0.313 e. The summed E-state index contributed by atoms with van der Waals surface area (Å²) in [7, 11) is 0. The number of hydrogen-bond acceptors (Lipinski definition) is 3. The van der Waals surface area contributed by atoms with Crippen molar-refractivity contribution in [3.05, 3.63) is 18.0 Å². The van der Waals surface area contributed by atoms with Gasteiger partial charge in [-0.2, -0.15) is 16.9 Å². The third-order valence-corrected chi connectivity index (χ3v) is 4.14. The molecule has 0 aliphatic carbocycles. The van der Waals surface area contributed by atoms with E-state index in [2.05, 4.69) is 35.3 Å². The summed E-state index contributed by atoms with van der Waals surface area (Å²) in [5.41, 5.74) is 1.25. The SMILES string of the molecule is Cc1cnn(CCCNC2CCCSC2)c1. The molecule has 1 fully saturated rings. The van der Waals surface area contributed by atoms with Gasteiger partial charge in [-0.3, -0.25) is 4.68 Å². The smallest absolute Gasteiger partial charge is 0.0518 e. The molecule has 0 amide bonds. The molecule has 4 heteroatoms. The third-order valence-electron chi connectivity index (χ3n) is 2.92. The Morgan fingerprint density at radius 1 is 1.62 bits per heavy atom. The Morgan fingerprint density at radius 3 is 3.25 bits per heavy atom. The van der Waals surface area contributed by atoms with Gasteiger partial charge in [-0.25, -0.2) is 0 Å². The van der Waals surface area contributed by atoms with Gasteiger partial charge in [0.1, 0.15) is 0 Å². The number of thioether (sulfide) groups is 1. The standard InChI is InChI=1S/C12H21N3S/c1-11-8-14-15(9-11)6-3-5-13-12-4-2-7-16-10-12/h8-9,12-13H,2-7,10H2,1H3. The molecule has 90 valence electrons. The molecule has 1 N–H and O–H groups in total. The molecule has 1 atom stereocenters. The molecule has 1 unspecified atom stereocenters. The highest BCUT2D eigenvalue weighted by Crippen LogP contribution is 2.16. The van der Waals surface area contributed by atoms with Gasteiger partial charge in [0, 0.05) is 24.5 Å². The van der Waals surface area contributed by atoms with E-state index in [1.54, 1.807) is 0 Å². The summed E-state index contributed by atoms with van der Waals surface area (Å²) in [6.07, 6.45) is 7.93. The van der Waals surface area contributed by atoms with Crippen molar-refractivity contribution in [2.24, 2.45) is 0 Å². The van der Waals surface area contributed by atoms with E-state index in [4.69, 9.17) is 0 Å². The fraction of sp³-hybridized carbons (Fsp3) is 0.750. The fourth-order valence-corrected chi connectivity index (χ4v) is 3.14. The van der Waals surface area contributed by atoms with Crippen molar-refractivity contribution in [3.8, 4) is 0 Å². The van der Waals surface area contributed by atoms with Crippen LogP contribution in [0, 0.1) is 6.92 Å². The van der Waals surface area contributed by atoms with Crippen LogP contribution in [0.1, 0.15) is 24.8 Å². The first-order chi connectivity index (χ1) is 7.84. The van der Waals surface area contributed by atoms with Crippen LogP contribution in [0.15, 0.2) is 12.4 Å². The van der Waals surface area contributed by atoms with E-state index in [0.717, 1.165) is 19.1 Å². The molecule has 0 spiro atoms. The second-order valence-electron chi connectivity index (χ2n) is 4.50. The maximum atomic E-state index is 4.28. The number of nitrogens with zero attached hydrogens (tertiary/aromatic N) is 2. The first-order valence-electron chi connectivity index (χ1n) is 6.15. The van der Waals surface area contributed by atoms with Gasteiger partial charge >= 0.3 is 0 Å². The van der Waals surface area contributed by atoms with E-state index in [9.17, 15) is 0 Å². The monoisotopic (exact) mass is 239 g/mol. The maximum absolute atomic E-state index is 4.28. The Bertz CT molecular complexity index is 305. The molecule has 1 aromatic rings. The van der Waals surface area contributed by atoms with Crippen LogP contribution in [0.2, 0.25) is 0 Å². The molecule has 0 radical (unpaired) electrons. The fourth-order valence-electron chi connectivity index (χ4n) is 2.04. The van der Waals surface area contributed by atoms with Crippen molar-refractivity contribution in [3.63, 3.8) is 0 Å². The Morgan fingerprint density at radius 2 is 2.56 bits per heavy atom. The maximum Gasteiger partial charge on any atom is 0.0518 e. The minimum absolute atomic E-state index is 0.748. The number of rotatable bonds is 5. The molecule has 1 aliphatic heterocycles. The van der Waals surface area contributed by atoms with Crippen LogP contribution in [0.5, 0.6) is 0 Å². The molecule has 0 aromatic carbocycles. The summed E-state index contributed by atoms with van der Waals surface area (Å²) in [5.74, 6) is 2.64. The Balaban J connectivity index is 1.57. The molecule has 3 nitrogen and oxygen atoms in total. The highest BCUT2D eigenvalue weighted by atomic mass is 32.2. The van der Waals surface area contributed by atoms with Gasteiger partial charge in [0.25, 0.3) is 0 Å². The van der Waals surface area contributed by atoms with Crippen LogP contribution in [0.3, 0.4) is 0 Å². The van der Waals surface area contributed by atoms with E-state index >= 15 is 0 Å². The molecule has 1 aliphatic rings. The van der Waals surface area contributed by atoms with Crippen molar-refractivity contribution >= 4 is 11.8 Å². The number of nitrogens with one attached hydrogen (secondary N) is 1. The lowest BCUT2D eigenvalue weighted by molar-refractivity contribution is 0.475. The lowest BCUT2D eigenvalue weighted by Crippen LogP contribution is -2.34. The van der Waals surface area contributed by atoms with Gasteiger partial charge in [0.05, 0.1) is 6.20 Å². The van der Waals surface area contributed by atoms with Crippen LogP contribution in [-0.2, 0) is 6.54 Å². The highest BCUT2D eigenvalue weighted by Gasteiger charge is 2.11. The number of hydrogen-bond donors (Lipinski definition) is 1. The second-order valence-corrected chi connectivity index (χ2v) is 5.65. The average molecular weight is 239 g/mol. The topological polar surface area (TPSA) is 29.9 Å². The summed E-state index contributed by atoms with van der Waals surface area (Å²) in [4.78, 5) is 0. The van der Waals surface area contributed by atoms with E-state index in [-0.39, 0.29) is 0 Å². The van der Waals surface area contributed by atoms with Gasteiger partial charge in [0.2, 0.25) is 0 Å². The van der Waals surface area contributed by atoms with Crippen molar-refractivity contribution in [2.75, 3.05) is 18.1 Å². The van der Waals surface area contributed by atoms with Crippen LogP contribution in [0.4, 0.5) is 0 Å². The molecular formula is C12H21N3S. The van der Waals surface area contributed by atoms with Crippen LogP contribution in [-0.4, -0.2) is 33.9 Å². The zero-order chi connectivity index (χ0) is 11.2. The molecule has 1 aromatic heterocycles. The molecule has 0 bridgehead atoms. The average Bonchev–Trinajstić information content (AvgIpc) is 2.72. The quantitative estimate of drug-likeness (QED) is 0.798. The molecule has 2 heterocycles. The summed E-state index contributed by atoms with van der Waals surface area (Å²) >= 11 is 2.08. The number of aromatic nitrogens is 2. The van der Waals surface area contributed by atoms with Gasteiger partial charge in [-0.15, -0.1) is 0 Å². The lowest BCUT2D eigenvalue weighted by atomic mass is 10.2. The van der Waals surface area contributed by atoms with Crippen LogP contribution in [0.25, 0.3) is 0 Å². The zero-order valence-electron chi connectivity index (χ0n) is 9.98. The molecule has 16 heavy (non-hydrogen) atoms. The summed E-state index contributed by atoms with van der Waals surface area (Å²) in [5, 5.41) is 7.92. The summed E-state index contributed by atoms with van der Waals surface area (Å²) in [6, 6.07) is 0.748. The molecule has 1 saturated heterocycles. The summed E-state index contributed by atoms with van der Waals surface area (Å²) < 4.78 is 2.03. The second kappa shape index (κ2) is 6.30. The van der Waals surface area contributed by atoms with E-state index in [1.807, 2.05) is 10.9 Å². The van der Waals surface area contributed by atoms with Crippen molar-refractivity contribution < 1.29 is 0 Å². The lowest BCUT2D eigenvalue weighted by Gasteiger charge is -2.22. The Labute approximate surface area is 102 Å². The Hall–Kier alpha value is -0.480. The third kappa shape index (κ3) is 3.83. The Kier molecular flexibility index (Phi) is 4.72. The minimum Gasteiger partial charge on any atom is -0.313 e. The van der Waals surface area contributed by atoms with Gasteiger partial charge < -0.3 is 5.32 Å². The highest BCUT2D eigenvalue weighted by molar-refractivity contribution is 7.99. The van der Waals surface area contributed by atoms with Gasteiger partial charge in [0.15, 0.2) is 0 Å². The normalized spacial score (nSPS) is 21.2. The molecule has 2 rings (SSSR count). The van der Waals surface area contributed by atoms with E-state index in [1.165, 1.54) is 36.3 Å². The predicted molar refractivity (Wildman–Crippen MR) is 69.9 cm³/mol. The van der Waals surface area contributed by atoms with Crippen LogP contribution >= 0.6 is 11.8 Å². The van der Waals surface area contributed by atoms with Crippen molar-refractivity contribution in [1.29, 1.82) is 0 Å². The first-order valence-corrected chi connectivity index (χ1v) is 7.30. The minimum atomic E-state index is 0.748. The summed E-state index contributed by atoms with van der Waals surface area (Å²) in [6.45, 7) is 4.23. The first kappa shape index (κ1) is 12.0. The van der Waals surface area contributed by atoms with Gasteiger partial charge in [-0.05, 0) is 44.0 Å². The molecular weight excluding hydrogens is 218 g/mol. The van der Waals surface area contributed by atoms with E-state index < -0.39 is 0 Å². The van der Waals surface area contributed by atoms with Crippen molar-refractivity contribution in [2.45, 2.75) is 38.8 Å². The van der Waals surface area contributed by atoms with Gasteiger partial charge in [-0.1, -0.05) is 0 Å². The predicted octanol–water partition coefficient (Wildman–Crippen LogP) is 2.07. The number of aryl methyl sites for hydroxylation is 2. The molecule has 0 saturated carbocycles. The van der Waals surface area contributed by atoms with Crippen LogP contribution < -0.4 is 5.32 Å².